The largest absolute Gasteiger partial charge is 0.497 e. The van der Waals surface area contributed by atoms with Crippen molar-refractivity contribution in [3.63, 3.8) is 0 Å². The van der Waals surface area contributed by atoms with Gasteiger partial charge in [0, 0.05) is 29.0 Å². The molecule has 26 heavy (non-hydrogen) atoms. The maximum Gasteiger partial charge on any atom is 0.193 e. The van der Waals surface area contributed by atoms with E-state index < -0.39 is 0 Å². The van der Waals surface area contributed by atoms with Crippen molar-refractivity contribution in [1.82, 2.24) is 9.55 Å². The van der Waals surface area contributed by atoms with Crippen molar-refractivity contribution in [2.45, 2.75) is 13.8 Å². The number of ketones is 1. The highest BCUT2D eigenvalue weighted by Gasteiger charge is 2.13. The highest BCUT2D eigenvalue weighted by molar-refractivity contribution is 7.12. The van der Waals surface area contributed by atoms with Crippen molar-refractivity contribution >= 4 is 23.2 Å². The molecular weight excluding hydrogens is 348 g/mol. The SMILES string of the molecule is COc1ccc(C(=O)/C=C/c2cc(C)n(-c3nccs3)c2C)c(OC)c1. The summed E-state index contributed by atoms with van der Waals surface area (Å²) < 4.78 is 12.6. The number of aryl methyl sites for hydroxylation is 1. The minimum absolute atomic E-state index is 0.122. The van der Waals surface area contributed by atoms with E-state index in [-0.39, 0.29) is 5.78 Å². The molecule has 2 aromatic heterocycles. The Labute approximate surface area is 156 Å². The van der Waals surface area contributed by atoms with Gasteiger partial charge in [-0.2, -0.15) is 0 Å². The molecule has 0 atom stereocenters. The Morgan fingerprint density at radius 3 is 2.65 bits per heavy atom. The minimum Gasteiger partial charge on any atom is -0.497 e. The van der Waals surface area contributed by atoms with E-state index in [0.717, 1.165) is 22.1 Å². The molecule has 0 fully saturated rings. The number of carbonyl (C=O) groups excluding carboxylic acids is 1. The lowest BCUT2D eigenvalue weighted by Crippen LogP contribution is -2.00. The van der Waals surface area contributed by atoms with Crippen LogP contribution in [-0.2, 0) is 0 Å². The smallest absolute Gasteiger partial charge is 0.193 e. The fourth-order valence-electron chi connectivity index (χ4n) is 2.83. The predicted octanol–water partition coefficient (Wildman–Crippen LogP) is 4.46. The first-order chi connectivity index (χ1) is 12.5. The van der Waals surface area contributed by atoms with Crippen molar-refractivity contribution in [1.29, 1.82) is 0 Å². The van der Waals surface area contributed by atoms with E-state index in [2.05, 4.69) is 9.55 Å². The molecule has 0 aliphatic carbocycles. The van der Waals surface area contributed by atoms with Crippen LogP contribution in [0.2, 0.25) is 0 Å². The van der Waals surface area contributed by atoms with Crippen molar-refractivity contribution in [2.75, 3.05) is 14.2 Å². The summed E-state index contributed by atoms with van der Waals surface area (Å²) in [6.45, 7) is 4.05. The van der Waals surface area contributed by atoms with E-state index in [1.54, 1.807) is 48.9 Å². The van der Waals surface area contributed by atoms with Crippen LogP contribution in [0.3, 0.4) is 0 Å². The number of benzene rings is 1. The number of methoxy groups -OCH3 is 2. The first-order valence-corrected chi connectivity index (χ1v) is 8.96. The summed E-state index contributed by atoms with van der Waals surface area (Å²) in [7, 11) is 3.12. The van der Waals surface area contributed by atoms with Crippen LogP contribution in [0.4, 0.5) is 0 Å². The number of ether oxygens (including phenoxy) is 2. The highest BCUT2D eigenvalue weighted by Crippen LogP contribution is 2.26. The number of carbonyl (C=O) groups is 1. The molecule has 134 valence electrons. The molecule has 0 unspecified atom stereocenters. The van der Waals surface area contributed by atoms with E-state index in [9.17, 15) is 4.79 Å². The lowest BCUT2D eigenvalue weighted by Gasteiger charge is -2.08. The number of aromatic nitrogens is 2. The van der Waals surface area contributed by atoms with Crippen LogP contribution < -0.4 is 9.47 Å². The molecule has 2 heterocycles. The van der Waals surface area contributed by atoms with E-state index in [0.29, 0.717) is 17.1 Å². The molecule has 3 aromatic rings. The molecule has 3 rings (SSSR count). The van der Waals surface area contributed by atoms with Gasteiger partial charge in [-0.25, -0.2) is 4.98 Å². The Kier molecular flexibility index (Phi) is 5.23. The molecule has 0 spiro atoms. The molecule has 0 saturated carbocycles. The standard InChI is InChI=1S/C20H20N2O3S/c1-13-11-15(14(2)22(13)20-21-9-10-26-20)5-8-18(23)17-7-6-16(24-3)12-19(17)25-4/h5-12H,1-4H3/b8-5+. The lowest BCUT2D eigenvalue weighted by molar-refractivity contribution is 0.104. The quantitative estimate of drug-likeness (QED) is 0.476. The van der Waals surface area contributed by atoms with Gasteiger partial charge in [-0.3, -0.25) is 9.36 Å². The zero-order chi connectivity index (χ0) is 18.7. The molecule has 0 aliphatic rings. The molecule has 6 heteroatoms. The Hall–Kier alpha value is -2.86. The van der Waals surface area contributed by atoms with Gasteiger partial charge in [-0.05, 0) is 49.8 Å². The molecule has 1 aromatic carbocycles. The first-order valence-electron chi connectivity index (χ1n) is 8.08. The summed E-state index contributed by atoms with van der Waals surface area (Å²) in [5.74, 6) is 1.02. The number of allylic oxidation sites excluding steroid dienone is 1. The summed E-state index contributed by atoms with van der Waals surface area (Å²) in [5, 5.41) is 2.87. The predicted molar refractivity (Wildman–Crippen MR) is 104 cm³/mol. The number of rotatable bonds is 6. The zero-order valence-corrected chi connectivity index (χ0v) is 16.0. The Morgan fingerprint density at radius 1 is 1.19 bits per heavy atom. The van der Waals surface area contributed by atoms with Gasteiger partial charge >= 0.3 is 0 Å². The third kappa shape index (κ3) is 3.41. The van der Waals surface area contributed by atoms with Gasteiger partial charge in [-0.1, -0.05) is 0 Å². The van der Waals surface area contributed by atoms with Gasteiger partial charge in [0.2, 0.25) is 0 Å². The van der Waals surface area contributed by atoms with E-state index >= 15 is 0 Å². The second kappa shape index (κ2) is 7.58. The summed E-state index contributed by atoms with van der Waals surface area (Å²) >= 11 is 1.58. The molecule has 0 bridgehead atoms. The van der Waals surface area contributed by atoms with E-state index in [1.165, 1.54) is 7.11 Å². The van der Waals surface area contributed by atoms with Crippen LogP contribution in [0, 0.1) is 13.8 Å². The van der Waals surface area contributed by atoms with Gasteiger partial charge in [-0.15, -0.1) is 11.3 Å². The Morgan fingerprint density at radius 2 is 2.00 bits per heavy atom. The van der Waals surface area contributed by atoms with Gasteiger partial charge < -0.3 is 9.47 Å². The summed E-state index contributed by atoms with van der Waals surface area (Å²) in [6, 6.07) is 7.21. The summed E-state index contributed by atoms with van der Waals surface area (Å²) in [4.78, 5) is 17.0. The molecule has 0 saturated heterocycles. The maximum absolute atomic E-state index is 12.6. The van der Waals surface area contributed by atoms with E-state index in [1.807, 2.05) is 31.4 Å². The average molecular weight is 368 g/mol. The highest BCUT2D eigenvalue weighted by atomic mass is 32.1. The van der Waals surface area contributed by atoms with E-state index in [4.69, 9.17) is 9.47 Å². The second-order valence-electron chi connectivity index (χ2n) is 5.74. The lowest BCUT2D eigenvalue weighted by atomic mass is 10.1. The molecule has 0 aliphatic heterocycles. The third-order valence-electron chi connectivity index (χ3n) is 4.17. The second-order valence-corrected chi connectivity index (χ2v) is 6.61. The number of nitrogens with zero attached hydrogens (tertiary/aromatic N) is 2. The monoisotopic (exact) mass is 368 g/mol. The number of hydrogen-bond acceptors (Lipinski definition) is 5. The summed E-state index contributed by atoms with van der Waals surface area (Å²) in [6.07, 6.45) is 5.19. The molecule has 5 nitrogen and oxygen atoms in total. The number of thiazole rings is 1. The fraction of sp³-hybridized carbons (Fsp3) is 0.200. The topological polar surface area (TPSA) is 53.4 Å². The first kappa shape index (κ1) is 17.9. The van der Waals surface area contributed by atoms with Gasteiger partial charge in [0.25, 0.3) is 0 Å². The zero-order valence-electron chi connectivity index (χ0n) is 15.1. The van der Waals surface area contributed by atoms with Crippen molar-refractivity contribution < 1.29 is 14.3 Å². The normalized spacial score (nSPS) is 11.1. The number of hydrogen-bond donors (Lipinski definition) is 0. The van der Waals surface area contributed by atoms with Crippen LogP contribution in [0.1, 0.15) is 27.3 Å². The van der Waals surface area contributed by atoms with Crippen LogP contribution in [0.25, 0.3) is 11.2 Å². The Bertz CT molecular complexity index is 956. The molecule has 0 radical (unpaired) electrons. The molecule has 0 amide bonds. The van der Waals surface area contributed by atoms with Crippen molar-refractivity contribution in [2.24, 2.45) is 0 Å². The van der Waals surface area contributed by atoms with Gasteiger partial charge in [0.05, 0.1) is 19.8 Å². The Balaban J connectivity index is 1.89. The van der Waals surface area contributed by atoms with Crippen LogP contribution in [0.15, 0.2) is 41.9 Å². The average Bonchev–Trinajstić information content (AvgIpc) is 3.26. The van der Waals surface area contributed by atoms with Crippen LogP contribution in [-0.4, -0.2) is 29.6 Å². The van der Waals surface area contributed by atoms with Gasteiger partial charge in [0.15, 0.2) is 10.9 Å². The molecular formula is C20H20N2O3S. The third-order valence-corrected chi connectivity index (χ3v) is 4.93. The maximum atomic E-state index is 12.6. The molecule has 0 N–H and O–H groups in total. The van der Waals surface area contributed by atoms with Gasteiger partial charge in [0.1, 0.15) is 11.5 Å². The summed E-state index contributed by atoms with van der Waals surface area (Å²) in [5.41, 5.74) is 3.60. The van der Waals surface area contributed by atoms with Crippen molar-refractivity contribution in [3.8, 4) is 16.6 Å². The minimum atomic E-state index is -0.122. The van der Waals surface area contributed by atoms with Crippen LogP contribution in [0.5, 0.6) is 11.5 Å². The van der Waals surface area contributed by atoms with Crippen molar-refractivity contribution in [3.05, 3.63) is 64.4 Å². The van der Waals surface area contributed by atoms with Crippen LogP contribution >= 0.6 is 11.3 Å². The fourth-order valence-corrected chi connectivity index (χ4v) is 3.59.